The van der Waals surface area contributed by atoms with Crippen molar-refractivity contribution in [3.05, 3.63) is 45.9 Å². The topological polar surface area (TPSA) is 34.1 Å². The zero-order valence-electron chi connectivity index (χ0n) is 13.1. The van der Waals surface area contributed by atoms with Crippen LogP contribution in [0.25, 0.3) is 0 Å². The molecule has 0 fully saturated rings. The molecule has 1 N–H and O–H groups in total. The summed E-state index contributed by atoms with van der Waals surface area (Å²) < 4.78 is 6.01. The second kappa shape index (κ2) is 8.15. The Balaban J connectivity index is 2.08. The highest BCUT2D eigenvalue weighted by Gasteiger charge is 2.13. The molecule has 0 aliphatic rings. The number of nitrogens with zero attached hydrogens (tertiary/aromatic N) is 1. The van der Waals surface area contributed by atoms with Gasteiger partial charge in [-0.25, -0.2) is 4.98 Å². The summed E-state index contributed by atoms with van der Waals surface area (Å²) in [6.07, 6.45) is 2.19. The van der Waals surface area contributed by atoms with Crippen LogP contribution in [-0.2, 0) is 6.61 Å². The molecule has 0 radical (unpaired) electrons. The Morgan fingerprint density at radius 2 is 2.10 bits per heavy atom. The number of benzene rings is 1. The Bertz CT molecular complexity index is 553. The van der Waals surface area contributed by atoms with Crippen LogP contribution in [-0.4, -0.2) is 11.5 Å². The molecular weight excluding hydrogens is 280 g/mol. The summed E-state index contributed by atoms with van der Waals surface area (Å²) in [6.45, 7) is 7.97. The lowest BCUT2D eigenvalue weighted by Crippen LogP contribution is -2.22. The summed E-state index contributed by atoms with van der Waals surface area (Å²) in [5.74, 6) is 0.959. The molecule has 21 heavy (non-hydrogen) atoms. The highest BCUT2D eigenvalue weighted by atomic mass is 32.1. The minimum atomic E-state index is 0.346. The van der Waals surface area contributed by atoms with E-state index in [1.807, 2.05) is 19.1 Å². The molecule has 1 aromatic carbocycles. The zero-order valence-corrected chi connectivity index (χ0v) is 13.9. The van der Waals surface area contributed by atoms with Gasteiger partial charge in [-0.15, -0.1) is 11.3 Å². The van der Waals surface area contributed by atoms with Crippen LogP contribution in [0.1, 0.15) is 49.0 Å². The first-order valence-electron chi connectivity index (χ1n) is 7.60. The van der Waals surface area contributed by atoms with Crippen molar-refractivity contribution in [3.63, 3.8) is 0 Å². The monoisotopic (exact) mass is 304 g/mol. The van der Waals surface area contributed by atoms with Crippen molar-refractivity contribution in [2.24, 2.45) is 0 Å². The third kappa shape index (κ3) is 4.55. The molecule has 0 bridgehead atoms. The minimum absolute atomic E-state index is 0.346. The normalized spacial score (nSPS) is 12.3. The number of aryl methyl sites for hydroxylation is 1. The Labute approximate surface area is 131 Å². The van der Waals surface area contributed by atoms with Crippen molar-refractivity contribution < 1.29 is 4.74 Å². The van der Waals surface area contributed by atoms with Crippen LogP contribution >= 0.6 is 11.3 Å². The maximum atomic E-state index is 6.01. The van der Waals surface area contributed by atoms with Crippen LogP contribution in [0.4, 0.5) is 0 Å². The SMILES string of the molecule is CCCNC(CC)c1ccccc1OCc1nc(C)cs1. The van der Waals surface area contributed by atoms with Crippen molar-refractivity contribution in [3.8, 4) is 5.75 Å². The van der Waals surface area contributed by atoms with Crippen LogP contribution in [0.5, 0.6) is 5.75 Å². The van der Waals surface area contributed by atoms with Crippen molar-refractivity contribution in [1.29, 1.82) is 0 Å². The number of para-hydroxylation sites is 1. The first-order chi connectivity index (χ1) is 10.2. The molecule has 0 aliphatic carbocycles. The van der Waals surface area contributed by atoms with E-state index in [1.165, 1.54) is 5.56 Å². The summed E-state index contributed by atoms with van der Waals surface area (Å²) in [6, 6.07) is 8.65. The van der Waals surface area contributed by atoms with Crippen molar-refractivity contribution in [2.45, 2.75) is 46.3 Å². The van der Waals surface area contributed by atoms with Gasteiger partial charge in [-0.05, 0) is 32.4 Å². The molecule has 2 rings (SSSR count). The molecular formula is C17H24N2OS. The molecule has 114 valence electrons. The van der Waals surface area contributed by atoms with Gasteiger partial charge in [0, 0.05) is 22.7 Å². The first kappa shape index (κ1) is 16.0. The van der Waals surface area contributed by atoms with Gasteiger partial charge < -0.3 is 10.1 Å². The van der Waals surface area contributed by atoms with Gasteiger partial charge in [0.05, 0.1) is 0 Å². The Hall–Kier alpha value is -1.39. The van der Waals surface area contributed by atoms with E-state index in [1.54, 1.807) is 11.3 Å². The molecule has 1 unspecified atom stereocenters. The quantitative estimate of drug-likeness (QED) is 0.780. The van der Waals surface area contributed by atoms with E-state index in [0.717, 1.165) is 35.8 Å². The van der Waals surface area contributed by atoms with Gasteiger partial charge in [-0.1, -0.05) is 32.0 Å². The van der Waals surface area contributed by atoms with Crippen LogP contribution in [0, 0.1) is 6.92 Å². The largest absolute Gasteiger partial charge is 0.486 e. The maximum absolute atomic E-state index is 6.01. The van der Waals surface area contributed by atoms with E-state index in [2.05, 4.69) is 41.7 Å². The number of nitrogens with one attached hydrogen (secondary N) is 1. The fraction of sp³-hybridized carbons (Fsp3) is 0.471. The van der Waals surface area contributed by atoms with Gasteiger partial charge >= 0.3 is 0 Å². The lowest BCUT2D eigenvalue weighted by atomic mass is 10.0. The molecule has 1 atom stereocenters. The third-order valence-electron chi connectivity index (χ3n) is 3.36. The van der Waals surface area contributed by atoms with Crippen LogP contribution in [0.2, 0.25) is 0 Å². The Morgan fingerprint density at radius 3 is 2.76 bits per heavy atom. The van der Waals surface area contributed by atoms with E-state index < -0.39 is 0 Å². The third-order valence-corrected chi connectivity index (χ3v) is 4.30. The highest BCUT2D eigenvalue weighted by molar-refractivity contribution is 7.09. The van der Waals surface area contributed by atoms with Gasteiger partial charge in [0.25, 0.3) is 0 Å². The van der Waals surface area contributed by atoms with E-state index in [4.69, 9.17) is 4.74 Å². The molecule has 0 spiro atoms. The van der Waals surface area contributed by atoms with E-state index in [-0.39, 0.29) is 0 Å². The Morgan fingerprint density at radius 1 is 1.29 bits per heavy atom. The predicted molar refractivity (Wildman–Crippen MR) is 89.0 cm³/mol. The van der Waals surface area contributed by atoms with Gasteiger partial charge in [0.1, 0.15) is 17.4 Å². The fourth-order valence-electron chi connectivity index (χ4n) is 2.30. The average Bonchev–Trinajstić information content (AvgIpc) is 2.92. The van der Waals surface area contributed by atoms with Crippen LogP contribution in [0.15, 0.2) is 29.6 Å². The molecule has 4 heteroatoms. The lowest BCUT2D eigenvalue weighted by molar-refractivity contribution is 0.297. The van der Waals surface area contributed by atoms with Crippen molar-refractivity contribution in [1.82, 2.24) is 10.3 Å². The summed E-state index contributed by atoms with van der Waals surface area (Å²) in [5, 5.41) is 6.67. The minimum Gasteiger partial charge on any atom is -0.486 e. The van der Waals surface area contributed by atoms with E-state index in [9.17, 15) is 0 Å². The smallest absolute Gasteiger partial charge is 0.140 e. The standard InChI is InChI=1S/C17H24N2OS/c1-4-10-18-15(5-2)14-8-6-7-9-16(14)20-11-17-19-13(3)12-21-17/h6-9,12,15,18H,4-5,10-11H2,1-3H3. The first-order valence-corrected chi connectivity index (χ1v) is 8.48. The lowest BCUT2D eigenvalue weighted by Gasteiger charge is -2.20. The molecule has 0 saturated carbocycles. The molecule has 1 heterocycles. The van der Waals surface area contributed by atoms with E-state index in [0.29, 0.717) is 12.6 Å². The van der Waals surface area contributed by atoms with Gasteiger partial charge in [0.15, 0.2) is 0 Å². The van der Waals surface area contributed by atoms with Crippen molar-refractivity contribution >= 4 is 11.3 Å². The van der Waals surface area contributed by atoms with E-state index >= 15 is 0 Å². The second-order valence-corrected chi connectivity index (χ2v) is 6.07. The zero-order chi connectivity index (χ0) is 15.1. The summed E-state index contributed by atoms with van der Waals surface area (Å²) >= 11 is 1.65. The number of ether oxygens (including phenoxy) is 1. The number of rotatable bonds is 8. The number of thiazole rings is 1. The second-order valence-electron chi connectivity index (χ2n) is 5.12. The van der Waals surface area contributed by atoms with Gasteiger partial charge in [-0.3, -0.25) is 0 Å². The van der Waals surface area contributed by atoms with Gasteiger partial charge in [-0.2, -0.15) is 0 Å². The highest BCUT2D eigenvalue weighted by Crippen LogP contribution is 2.28. The van der Waals surface area contributed by atoms with Crippen LogP contribution < -0.4 is 10.1 Å². The molecule has 1 aromatic heterocycles. The average molecular weight is 304 g/mol. The molecule has 0 amide bonds. The van der Waals surface area contributed by atoms with Crippen molar-refractivity contribution in [2.75, 3.05) is 6.54 Å². The maximum Gasteiger partial charge on any atom is 0.140 e. The number of aromatic nitrogens is 1. The molecule has 0 aliphatic heterocycles. The molecule has 0 saturated heterocycles. The number of hydrogen-bond acceptors (Lipinski definition) is 4. The number of hydrogen-bond donors (Lipinski definition) is 1. The summed E-state index contributed by atoms with van der Waals surface area (Å²) in [7, 11) is 0. The Kier molecular flexibility index (Phi) is 6.21. The molecule has 2 aromatic rings. The van der Waals surface area contributed by atoms with Gasteiger partial charge in [0.2, 0.25) is 0 Å². The fourth-order valence-corrected chi connectivity index (χ4v) is 2.98. The molecule has 3 nitrogen and oxygen atoms in total. The predicted octanol–water partition coefficient (Wildman–Crippen LogP) is 4.48. The van der Waals surface area contributed by atoms with Crippen LogP contribution in [0.3, 0.4) is 0 Å². The summed E-state index contributed by atoms with van der Waals surface area (Å²) in [5.41, 5.74) is 2.30. The summed E-state index contributed by atoms with van der Waals surface area (Å²) in [4.78, 5) is 4.45.